The van der Waals surface area contributed by atoms with E-state index in [2.05, 4.69) is 63.8 Å². The largest absolute Gasteiger partial charge is 0.340 e. The summed E-state index contributed by atoms with van der Waals surface area (Å²) in [6, 6.07) is 16.6. The number of rotatable bonds is 2. The van der Waals surface area contributed by atoms with Gasteiger partial charge in [0.05, 0.1) is 0 Å². The topological polar surface area (TPSA) is 53.6 Å². The molecule has 4 aromatic rings. The van der Waals surface area contributed by atoms with Crippen LogP contribution in [0, 0.1) is 13.8 Å². The first-order valence-electron chi connectivity index (χ1n) is 7.29. The molecule has 0 aliphatic carbocycles. The summed E-state index contributed by atoms with van der Waals surface area (Å²) in [5.74, 6) is 0.813. The minimum atomic E-state index is 0.750. The van der Waals surface area contributed by atoms with Crippen LogP contribution in [0.5, 0.6) is 0 Å². The van der Waals surface area contributed by atoms with Gasteiger partial charge in [-0.25, -0.2) is 4.98 Å². The van der Waals surface area contributed by atoms with Crippen LogP contribution in [0.3, 0.4) is 0 Å². The number of hydrogen-bond acceptors (Lipinski definition) is 3. The number of hydrogen-bond donors (Lipinski definition) is 2. The SMILES string of the molecule is Cc1cc(Nc2cccc3ccccc23)nc2n[nH]c(C)c12. The van der Waals surface area contributed by atoms with Gasteiger partial charge in [0, 0.05) is 22.2 Å². The lowest BCUT2D eigenvalue weighted by atomic mass is 10.1. The zero-order chi connectivity index (χ0) is 15.1. The molecule has 0 radical (unpaired) electrons. The van der Waals surface area contributed by atoms with Crippen molar-refractivity contribution in [3.63, 3.8) is 0 Å². The zero-order valence-electron chi connectivity index (χ0n) is 12.5. The van der Waals surface area contributed by atoms with Crippen LogP contribution in [0.1, 0.15) is 11.3 Å². The Morgan fingerprint density at radius 3 is 2.73 bits per heavy atom. The summed E-state index contributed by atoms with van der Waals surface area (Å²) in [5, 5.41) is 14.2. The van der Waals surface area contributed by atoms with Crippen molar-refractivity contribution >= 4 is 33.3 Å². The van der Waals surface area contributed by atoms with Crippen molar-refractivity contribution in [2.45, 2.75) is 13.8 Å². The van der Waals surface area contributed by atoms with Crippen molar-refractivity contribution in [3.8, 4) is 0 Å². The molecule has 2 N–H and O–H groups in total. The first kappa shape index (κ1) is 12.8. The van der Waals surface area contributed by atoms with E-state index >= 15 is 0 Å². The number of aromatic amines is 1. The van der Waals surface area contributed by atoms with Crippen LogP contribution in [0.2, 0.25) is 0 Å². The van der Waals surface area contributed by atoms with E-state index in [-0.39, 0.29) is 0 Å². The zero-order valence-corrected chi connectivity index (χ0v) is 12.5. The lowest BCUT2D eigenvalue weighted by Crippen LogP contribution is -1.96. The summed E-state index contributed by atoms with van der Waals surface area (Å²) in [6.07, 6.45) is 0. The van der Waals surface area contributed by atoms with Gasteiger partial charge in [0.2, 0.25) is 0 Å². The highest BCUT2D eigenvalue weighted by atomic mass is 15.2. The molecule has 2 aromatic heterocycles. The van der Waals surface area contributed by atoms with Gasteiger partial charge in [-0.15, -0.1) is 0 Å². The summed E-state index contributed by atoms with van der Waals surface area (Å²) >= 11 is 0. The van der Waals surface area contributed by atoms with Gasteiger partial charge in [-0.3, -0.25) is 5.10 Å². The van der Waals surface area contributed by atoms with Gasteiger partial charge in [0.25, 0.3) is 0 Å². The van der Waals surface area contributed by atoms with Crippen molar-refractivity contribution in [2.24, 2.45) is 0 Å². The van der Waals surface area contributed by atoms with Crippen LogP contribution in [-0.2, 0) is 0 Å². The first-order chi connectivity index (χ1) is 10.7. The van der Waals surface area contributed by atoms with E-state index in [1.54, 1.807) is 0 Å². The Morgan fingerprint density at radius 2 is 1.82 bits per heavy atom. The molecule has 2 heterocycles. The van der Waals surface area contributed by atoms with E-state index in [1.807, 2.05) is 19.1 Å². The van der Waals surface area contributed by atoms with Crippen LogP contribution >= 0.6 is 0 Å². The summed E-state index contributed by atoms with van der Waals surface area (Å²) in [5.41, 5.74) is 4.02. The fourth-order valence-corrected chi connectivity index (χ4v) is 2.93. The van der Waals surface area contributed by atoms with Gasteiger partial charge in [0.1, 0.15) is 5.82 Å². The van der Waals surface area contributed by atoms with Gasteiger partial charge in [-0.05, 0) is 36.9 Å². The molecule has 0 aliphatic heterocycles. The fraction of sp³-hybridized carbons (Fsp3) is 0.111. The Bertz CT molecular complexity index is 980. The molecule has 0 atom stereocenters. The van der Waals surface area contributed by atoms with Crippen molar-refractivity contribution in [2.75, 3.05) is 5.32 Å². The van der Waals surface area contributed by atoms with Gasteiger partial charge < -0.3 is 5.32 Å². The highest BCUT2D eigenvalue weighted by molar-refractivity contribution is 5.95. The minimum Gasteiger partial charge on any atom is -0.340 e. The van der Waals surface area contributed by atoms with Crippen LogP contribution in [0.25, 0.3) is 21.8 Å². The average Bonchev–Trinajstić information content (AvgIpc) is 2.89. The Kier molecular flexibility index (Phi) is 2.82. The highest BCUT2D eigenvalue weighted by Crippen LogP contribution is 2.27. The molecule has 4 nitrogen and oxygen atoms in total. The molecule has 0 saturated carbocycles. The summed E-state index contributed by atoms with van der Waals surface area (Å²) < 4.78 is 0. The number of nitrogens with one attached hydrogen (secondary N) is 2. The summed E-state index contributed by atoms with van der Waals surface area (Å²) in [6.45, 7) is 4.10. The predicted octanol–water partition coefficient (Wildman–Crippen LogP) is 4.47. The molecule has 4 heteroatoms. The summed E-state index contributed by atoms with van der Waals surface area (Å²) in [4.78, 5) is 4.61. The molecule has 0 aliphatic rings. The van der Waals surface area contributed by atoms with Gasteiger partial charge in [-0.1, -0.05) is 36.4 Å². The molecule has 2 aromatic carbocycles. The molecule has 4 rings (SSSR count). The van der Waals surface area contributed by atoms with E-state index in [4.69, 9.17) is 0 Å². The second-order valence-electron chi connectivity index (χ2n) is 5.52. The van der Waals surface area contributed by atoms with Crippen LogP contribution in [0.4, 0.5) is 11.5 Å². The standard InChI is InChI=1S/C18H16N4/c1-11-10-16(20-18-17(11)12(2)21-22-18)19-15-9-5-7-13-6-3-4-8-14(13)15/h3-10H,1-2H3,(H2,19,20,21,22). The number of nitrogens with zero attached hydrogens (tertiary/aromatic N) is 2. The maximum Gasteiger partial charge on any atom is 0.183 e. The normalized spacial score (nSPS) is 11.2. The minimum absolute atomic E-state index is 0.750. The van der Waals surface area contributed by atoms with E-state index < -0.39 is 0 Å². The number of fused-ring (bicyclic) bond motifs is 2. The predicted molar refractivity (Wildman–Crippen MR) is 90.6 cm³/mol. The van der Waals surface area contributed by atoms with Crippen molar-refractivity contribution < 1.29 is 0 Å². The molecule has 0 spiro atoms. The number of H-pyrrole nitrogens is 1. The Labute approximate surface area is 128 Å². The number of benzene rings is 2. The lowest BCUT2D eigenvalue weighted by Gasteiger charge is -2.10. The first-order valence-corrected chi connectivity index (χ1v) is 7.29. The third-order valence-corrected chi connectivity index (χ3v) is 3.95. The number of aryl methyl sites for hydroxylation is 2. The molecule has 22 heavy (non-hydrogen) atoms. The van der Waals surface area contributed by atoms with Crippen LogP contribution in [0.15, 0.2) is 48.5 Å². The maximum atomic E-state index is 4.61. The van der Waals surface area contributed by atoms with Gasteiger partial charge in [0.15, 0.2) is 5.65 Å². The quantitative estimate of drug-likeness (QED) is 0.572. The summed E-state index contributed by atoms with van der Waals surface area (Å²) in [7, 11) is 0. The molecule has 108 valence electrons. The second-order valence-corrected chi connectivity index (χ2v) is 5.52. The average molecular weight is 288 g/mol. The van der Waals surface area contributed by atoms with Gasteiger partial charge >= 0.3 is 0 Å². The lowest BCUT2D eigenvalue weighted by molar-refractivity contribution is 1.06. The smallest absolute Gasteiger partial charge is 0.183 e. The van der Waals surface area contributed by atoms with E-state index in [1.165, 1.54) is 16.3 Å². The molecule has 0 fully saturated rings. The van der Waals surface area contributed by atoms with E-state index in [0.717, 1.165) is 28.2 Å². The Hall–Kier alpha value is -2.88. The monoisotopic (exact) mass is 288 g/mol. The van der Waals surface area contributed by atoms with E-state index in [9.17, 15) is 0 Å². The maximum absolute atomic E-state index is 4.61. The number of pyridine rings is 1. The molecule has 0 bridgehead atoms. The molecule has 0 saturated heterocycles. The fourth-order valence-electron chi connectivity index (χ4n) is 2.93. The number of aromatic nitrogens is 3. The van der Waals surface area contributed by atoms with Gasteiger partial charge in [-0.2, -0.15) is 5.10 Å². The molecule has 0 amide bonds. The van der Waals surface area contributed by atoms with E-state index in [0.29, 0.717) is 0 Å². The van der Waals surface area contributed by atoms with Crippen LogP contribution < -0.4 is 5.32 Å². The second kappa shape index (κ2) is 4.84. The Balaban J connectivity index is 1.82. The molecular formula is C18H16N4. The molecular weight excluding hydrogens is 272 g/mol. The third-order valence-electron chi connectivity index (χ3n) is 3.95. The third kappa shape index (κ3) is 2.00. The van der Waals surface area contributed by atoms with Crippen LogP contribution in [-0.4, -0.2) is 15.2 Å². The van der Waals surface area contributed by atoms with Crippen molar-refractivity contribution in [3.05, 3.63) is 59.8 Å². The Morgan fingerprint density at radius 1 is 1.00 bits per heavy atom. The molecule has 0 unspecified atom stereocenters. The highest BCUT2D eigenvalue weighted by Gasteiger charge is 2.09. The van der Waals surface area contributed by atoms with Crippen molar-refractivity contribution in [1.82, 2.24) is 15.2 Å². The number of anilines is 2. The van der Waals surface area contributed by atoms with Crippen molar-refractivity contribution in [1.29, 1.82) is 0 Å².